The third kappa shape index (κ3) is 4.12. The minimum absolute atomic E-state index is 0.0288. The molecule has 7 nitrogen and oxygen atoms in total. The molecule has 0 saturated heterocycles. The van der Waals surface area contributed by atoms with Crippen molar-refractivity contribution < 1.29 is 9.59 Å². The average molecular weight is 462 g/mol. The summed E-state index contributed by atoms with van der Waals surface area (Å²) in [5.41, 5.74) is 7.07. The van der Waals surface area contributed by atoms with Crippen molar-refractivity contribution in [2.45, 2.75) is 19.4 Å². The van der Waals surface area contributed by atoms with Gasteiger partial charge in [0.1, 0.15) is 0 Å². The van der Waals surface area contributed by atoms with Gasteiger partial charge in [-0.2, -0.15) is 0 Å². The lowest BCUT2D eigenvalue weighted by molar-refractivity contribution is -0.115. The van der Waals surface area contributed by atoms with Crippen molar-refractivity contribution in [1.82, 2.24) is 14.9 Å². The predicted octanol–water partition coefficient (Wildman–Crippen LogP) is 4.58. The first-order valence-corrected chi connectivity index (χ1v) is 11.6. The van der Waals surface area contributed by atoms with Crippen LogP contribution in [0.4, 0.5) is 17.3 Å². The molecule has 0 saturated carbocycles. The van der Waals surface area contributed by atoms with Gasteiger partial charge in [0, 0.05) is 41.7 Å². The van der Waals surface area contributed by atoms with Gasteiger partial charge < -0.3 is 15.5 Å². The number of carbonyl (C=O) groups excluding carboxylic acids is 2. The van der Waals surface area contributed by atoms with Crippen molar-refractivity contribution in [3.8, 4) is 11.3 Å². The van der Waals surface area contributed by atoms with E-state index in [0.29, 0.717) is 18.1 Å². The molecular weight excluding hydrogens is 438 g/mol. The van der Waals surface area contributed by atoms with E-state index in [2.05, 4.69) is 27.8 Å². The number of nitrogens with one attached hydrogen (secondary N) is 2. The van der Waals surface area contributed by atoms with Crippen LogP contribution in [0.3, 0.4) is 0 Å². The lowest BCUT2D eigenvalue weighted by Crippen LogP contribution is -2.35. The maximum atomic E-state index is 13.1. The second kappa shape index (κ2) is 8.68. The number of carbonyl (C=O) groups is 2. The molecule has 172 valence electrons. The Bertz CT molecular complexity index is 1450. The Kier molecular flexibility index (Phi) is 5.22. The predicted molar refractivity (Wildman–Crippen MR) is 134 cm³/mol. The molecule has 4 aromatic rings. The van der Waals surface area contributed by atoms with Gasteiger partial charge in [-0.05, 0) is 47.9 Å². The zero-order valence-corrected chi connectivity index (χ0v) is 19.0. The van der Waals surface area contributed by atoms with E-state index < -0.39 is 0 Å². The van der Waals surface area contributed by atoms with Crippen LogP contribution < -0.4 is 10.6 Å². The molecule has 0 fully saturated rings. The molecule has 7 heteroatoms. The molecule has 0 bridgehead atoms. The van der Waals surface area contributed by atoms with E-state index in [1.807, 2.05) is 65.6 Å². The van der Waals surface area contributed by atoms with Crippen LogP contribution in [0, 0.1) is 0 Å². The molecule has 2 amide bonds. The van der Waals surface area contributed by atoms with E-state index in [4.69, 9.17) is 4.98 Å². The van der Waals surface area contributed by atoms with Crippen molar-refractivity contribution in [3.05, 3.63) is 101 Å². The smallest absolute Gasteiger partial charge is 0.254 e. The molecule has 6 rings (SSSR count). The molecule has 3 aromatic carbocycles. The lowest BCUT2D eigenvalue weighted by atomic mass is 9.99. The molecule has 2 aliphatic heterocycles. The van der Waals surface area contributed by atoms with Gasteiger partial charge in [-0.1, -0.05) is 42.5 Å². The van der Waals surface area contributed by atoms with Gasteiger partial charge in [-0.15, -0.1) is 0 Å². The molecule has 3 heterocycles. The summed E-state index contributed by atoms with van der Waals surface area (Å²) in [5.74, 6) is 0.374. The fourth-order valence-corrected chi connectivity index (χ4v) is 4.67. The zero-order valence-electron chi connectivity index (χ0n) is 19.0. The van der Waals surface area contributed by atoms with Crippen LogP contribution >= 0.6 is 0 Å². The van der Waals surface area contributed by atoms with Crippen LogP contribution in [-0.4, -0.2) is 33.2 Å². The number of para-hydroxylation sites is 1. The summed E-state index contributed by atoms with van der Waals surface area (Å²) in [6.45, 7) is 1.36. The van der Waals surface area contributed by atoms with Crippen LogP contribution in [-0.2, 0) is 24.2 Å². The van der Waals surface area contributed by atoms with Gasteiger partial charge in [-0.25, -0.2) is 9.97 Å². The first kappa shape index (κ1) is 21.0. The number of nitrogens with zero attached hydrogens (tertiary/aromatic N) is 3. The van der Waals surface area contributed by atoms with E-state index in [1.165, 1.54) is 11.1 Å². The van der Waals surface area contributed by atoms with Crippen molar-refractivity contribution in [3.63, 3.8) is 0 Å². The molecule has 0 spiro atoms. The van der Waals surface area contributed by atoms with E-state index in [0.717, 1.165) is 41.2 Å². The third-order valence-electron chi connectivity index (χ3n) is 6.48. The van der Waals surface area contributed by atoms with E-state index in [-0.39, 0.29) is 18.2 Å². The molecule has 0 unspecified atom stereocenters. The molecule has 0 aliphatic carbocycles. The van der Waals surface area contributed by atoms with Crippen LogP contribution in [0.5, 0.6) is 0 Å². The Morgan fingerprint density at radius 1 is 0.914 bits per heavy atom. The van der Waals surface area contributed by atoms with Crippen molar-refractivity contribution >= 4 is 29.1 Å². The highest BCUT2D eigenvalue weighted by atomic mass is 16.2. The van der Waals surface area contributed by atoms with Gasteiger partial charge in [0.2, 0.25) is 11.9 Å². The number of anilines is 3. The lowest BCUT2D eigenvalue weighted by Gasteiger charge is -2.29. The average Bonchev–Trinajstić information content (AvgIpc) is 3.03. The van der Waals surface area contributed by atoms with Gasteiger partial charge >= 0.3 is 0 Å². The second-order valence-corrected chi connectivity index (χ2v) is 8.79. The first-order valence-electron chi connectivity index (χ1n) is 11.6. The summed E-state index contributed by atoms with van der Waals surface area (Å²) in [6, 6.07) is 23.3. The normalized spacial score (nSPS) is 14.2. The number of amides is 2. The number of hydrogen-bond donors (Lipinski definition) is 2. The Morgan fingerprint density at radius 3 is 2.54 bits per heavy atom. The highest BCUT2D eigenvalue weighted by molar-refractivity contribution is 6.00. The summed E-state index contributed by atoms with van der Waals surface area (Å²) in [4.78, 5) is 36.3. The van der Waals surface area contributed by atoms with Crippen LogP contribution in [0.25, 0.3) is 11.3 Å². The number of aromatic nitrogens is 2. The van der Waals surface area contributed by atoms with Gasteiger partial charge in [0.05, 0.1) is 17.8 Å². The summed E-state index contributed by atoms with van der Waals surface area (Å²) in [7, 11) is 0. The van der Waals surface area contributed by atoms with E-state index in [1.54, 1.807) is 6.20 Å². The monoisotopic (exact) mass is 461 g/mol. The maximum absolute atomic E-state index is 13.1. The Morgan fingerprint density at radius 2 is 1.69 bits per heavy atom. The van der Waals surface area contributed by atoms with E-state index in [9.17, 15) is 9.59 Å². The van der Waals surface area contributed by atoms with Crippen LogP contribution in [0.15, 0.2) is 79.0 Å². The highest BCUT2D eigenvalue weighted by Gasteiger charge is 2.22. The van der Waals surface area contributed by atoms with Crippen molar-refractivity contribution in [2.24, 2.45) is 0 Å². The Labute approximate surface area is 202 Å². The number of fused-ring (bicyclic) bond motifs is 4. The van der Waals surface area contributed by atoms with E-state index >= 15 is 0 Å². The molecular formula is C28H23N5O2. The zero-order chi connectivity index (χ0) is 23.8. The molecule has 35 heavy (non-hydrogen) atoms. The number of rotatable bonds is 3. The van der Waals surface area contributed by atoms with Crippen molar-refractivity contribution in [1.29, 1.82) is 0 Å². The quantitative estimate of drug-likeness (QED) is 0.466. The summed E-state index contributed by atoms with van der Waals surface area (Å²) in [6.07, 6.45) is 2.79. The third-order valence-corrected chi connectivity index (χ3v) is 6.48. The minimum Gasteiger partial charge on any atom is -0.334 e. The SMILES string of the molecule is O=C1Cc2cnc(Nc3ccc(C(=O)N4CCc5ccccc5C4)cc3)nc2-c2ccccc2N1. The number of hydrogen-bond acceptors (Lipinski definition) is 5. The fourth-order valence-electron chi connectivity index (χ4n) is 4.67. The maximum Gasteiger partial charge on any atom is 0.254 e. The standard InChI is InChI=1S/C28H23N5O2/c34-25-15-21-16-29-28(32-26(21)23-7-3-4-8-24(23)31-25)30-22-11-9-19(10-12-22)27(35)33-14-13-18-5-1-2-6-20(18)17-33/h1-12,16H,13-15,17H2,(H,31,34)(H,29,30,32). The Hall–Kier alpha value is -4.52. The topological polar surface area (TPSA) is 87.2 Å². The first-order chi connectivity index (χ1) is 17.1. The van der Waals surface area contributed by atoms with Crippen LogP contribution in [0.1, 0.15) is 27.0 Å². The van der Waals surface area contributed by atoms with Gasteiger partial charge in [0.15, 0.2) is 0 Å². The fraction of sp³-hybridized carbons (Fsp3) is 0.143. The second-order valence-electron chi connectivity index (χ2n) is 8.79. The van der Waals surface area contributed by atoms with Crippen LogP contribution in [0.2, 0.25) is 0 Å². The summed E-state index contributed by atoms with van der Waals surface area (Å²) in [5, 5.41) is 6.15. The molecule has 1 aromatic heterocycles. The minimum atomic E-state index is -0.0852. The van der Waals surface area contributed by atoms with Crippen molar-refractivity contribution in [2.75, 3.05) is 17.2 Å². The summed E-state index contributed by atoms with van der Waals surface area (Å²) >= 11 is 0. The molecule has 2 aliphatic rings. The van der Waals surface area contributed by atoms with Gasteiger partial charge in [0.25, 0.3) is 5.91 Å². The Balaban J connectivity index is 1.20. The summed E-state index contributed by atoms with van der Waals surface area (Å²) < 4.78 is 0. The molecule has 0 atom stereocenters. The van der Waals surface area contributed by atoms with Gasteiger partial charge in [-0.3, -0.25) is 9.59 Å². The highest BCUT2D eigenvalue weighted by Crippen LogP contribution is 2.33. The number of benzene rings is 3. The molecule has 0 radical (unpaired) electrons. The largest absolute Gasteiger partial charge is 0.334 e. The molecule has 2 N–H and O–H groups in total.